The van der Waals surface area contributed by atoms with E-state index < -0.39 is 0 Å². The van der Waals surface area contributed by atoms with Gasteiger partial charge in [0, 0.05) is 19.0 Å². The van der Waals surface area contributed by atoms with Crippen molar-refractivity contribution in [3.05, 3.63) is 35.8 Å². The van der Waals surface area contributed by atoms with Crippen LogP contribution < -0.4 is 0 Å². The number of nitrogens with zero attached hydrogens (tertiary/aromatic N) is 2. The van der Waals surface area contributed by atoms with E-state index in [4.69, 9.17) is 9.72 Å². The lowest BCUT2D eigenvalue weighted by Gasteiger charge is -2.06. The van der Waals surface area contributed by atoms with Crippen LogP contribution in [0.1, 0.15) is 50.0 Å². The number of imidazole rings is 1. The number of aromatic nitrogens is 2. The fourth-order valence-electron chi connectivity index (χ4n) is 2.47. The maximum Gasteiger partial charge on any atom is 0.140 e. The Hall–Kier alpha value is -1.35. The maximum absolute atomic E-state index is 5.69. The van der Waals surface area contributed by atoms with Gasteiger partial charge in [0.25, 0.3) is 0 Å². The highest BCUT2D eigenvalue weighted by Crippen LogP contribution is 2.29. The van der Waals surface area contributed by atoms with Gasteiger partial charge in [-0.15, -0.1) is 0 Å². The first-order chi connectivity index (χ1) is 8.25. The van der Waals surface area contributed by atoms with Gasteiger partial charge >= 0.3 is 0 Å². The van der Waals surface area contributed by atoms with Gasteiger partial charge in [-0.3, -0.25) is 0 Å². The van der Waals surface area contributed by atoms with Crippen LogP contribution in [0.3, 0.4) is 0 Å². The molecule has 0 spiro atoms. The quantitative estimate of drug-likeness (QED) is 0.791. The summed E-state index contributed by atoms with van der Waals surface area (Å²) in [6, 6.07) is 4.25. The molecule has 3 rings (SSSR count). The summed E-state index contributed by atoms with van der Waals surface area (Å²) in [6.07, 6.45) is 6.62. The summed E-state index contributed by atoms with van der Waals surface area (Å²) in [7, 11) is 0. The van der Waals surface area contributed by atoms with Crippen LogP contribution in [0.2, 0.25) is 0 Å². The van der Waals surface area contributed by atoms with Gasteiger partial charge in [0.1, 0.15) is 11.8 Å². The topological polar surface area (TPSA) is 26.5 Å². The van der Waals surface area contributed by atoms with Crippen LogP contribution in [0.4, 0.5) is 0 Å². The molecule has 1 aliphatic heterocycles. The highest BCUT2D eigenvalue weighted by atomic mass is 16.5. The van der Waals surface area contributed by atoms with Crippen LogP contribution >= 0.6 is 0 Å². The van der Waals surface area contributed by atoms with Crippen molar-refractivity contribution in [2.75, 3.05) is 6.61 Å². The number of hydrogen-bond acceptors (Lipinski definition) is 2. The highest BCUT2D eigenvalue weighted by Gasteiger charge is 2.21. The van der Waals surface area contributed by atoms with Crippen molar-refractivity contribution < 1.29 is 4.74 Å². The van der Waals surface area contributed by atoms with Crippen molar-refractivity contribution in [3.63, 3.8) is 0 Å². The monoisotopic (exact) mass is 230 g/mol. The fraction of sp³-hybridized carbons (Fsp3) is 0.500. The molecular weight excluding hydrogens is 212 g/mol. The largest absolute Gasteiger partial charge is 0.372 e. The highest BCUT2D eigenvalue weighted by molar-refractivity contribution is 5.50. The molecule has 3 nitrogen and oxygen atoms in total. The minimum absolute atomic E-state index is 0.204. The second-order valence-electron chi connectivity index (χ2n) is 5.02. The minimum atomic E-state index is 0.204. The van der Waals surface area contributed by atoms with Crippen LogP contribution in [0, 0.1) is 0 Å². The first-order valence-electron chi connectivity index (χ1n) is 6.35. The maximum atomic E-state index is 5.69. The third kappa shape index (κ3) is 1.84. The molecule has 3 heteroatoms. The average molecular weight is 230 g/mol. The van der Waals surface area contributed by atoms with Gasteiger partial charge < -0.3 is 9.14 Å². The molecule has 0 amide bonds. The fourth-order valence-corrected chi connectivity index (χ4v) is 2.47. The smallest absolute Gasteiger partial charge is 0.140 e. The summed E-state index contributed by atoms with van der Waals surface area (Å²) in [6.45, 7) is 5.28. The Bertz CT molecular complexity index is 524. The Kier molecular flexibility index (Phi) is 2.63. The lowest BCUT2D eigenvalue weighted by atomic mass is 10.1. The summed E-state index contributed by atoms with van der Waals surface area (Å²) < 4.78 is 7.81. The Labute approximate surface area is 101 Å². The van der Waals surface area contributed by atoms with E-state index in [2.05, 4.69) is 42.8 Å². The summed E-state index contributed by atoms with van der Waals surface area (Å²) in [4.78, 5) is 4.75. The number of ether oxygens (including phenoxy) is 1. The van der Waals surface area contributed by atoms with E-state index in [1.54, 1.807) is 0 Å². The zero-order valence-electron chi connectivity index (χ0n) is 10.4. The third-order valence-corrected chi connectivity index (χ3v) is 3.41. The van der Waals surface area contributed by atoms with Crippen LogP contribution in [0.5, 0.6) is 0 Å². The standard InChI is InChI=1S/C14H18N2O/c1-10(2)11-5-3-7-16-9-12(15-14(11)16)13-6-4-8-17-13/h3,5,7,9-10,13H,4,6,8H2,1-2H3. The van der Waals surface area contributed by atoms with Crippen LogP contribution in [0.15, 0.2) is 24.5 Å². The number of pyridine rings is 1. The molecule has 17 heavy (non-hydrogen) atoms. The van der Waals surface area contributed by atoms with E-state index in [1.165, 1.54) is 5.56 Å². The van der Waals surface area contributed by atoms with Crippen LogP contribution in [-0.4, -0.2) is 16.0 Å². The van der Waals surface area contributed by atoms with Gasteiger partial charge in [0.2, 0.25) is 0 Å². The first-order valence-corrected chi connectivity index (χ1v) is 6.35. The number of hydrogen-bond donors (Lipinski definition) is 0. The zero-order valence-corrected chi connectivity index (χ0v) is 10.4. The Morgan fingerprint density at radius 3 is 3.06 bits per heavy atom. The van der Waals surface area contributed by atoms with E-state index in [0.717, 1.165) is 30.8 Å². The molecule has 1 unspecified atom stereocenters. The second kappa shape index (κ2) is 4.15. The van der Waals surface area contributed by atoms with Crippen LogP contribution in [-0.2, 0) is 4.74 Å². The summed E-state index contributed by atoms with van der Waals surface area (Å²) in [5.74, 6) is 0.499. The van der Waals surface area contributed by atoms with Crippen molar-refractivity contribution >= 4 is 5.65 Å². The molecule has 0 aliphatic carbocycles. The zero-order chi connectivity index (χ0) is 11.8. The van der Waals surface area contributed by atoms with Gasteiger partial charge in [-0.25, -0.2) is 4.98 Å². The van der Waals surface area contributed by atoms with Gasteiger partial charge in [0.15, 0.2) is 0 Å². The summed E-state index contributed by atoms with van der Waals surface area (Å²) in [5.41, 5.74) is 3.46. The third-order valence-electron chi connectivity index (χ3n) is 3.41. The molecule has 1 fully saturated rings. The van der Waals surface area contributed by atoms with Crippen LogP contribution in [0.25, 0.3) is 5.65 Å². The van der Waals surface area contributed by atoms with Gasteiger partial charge in [-0.1, -0.05) is 19.9 Å². The molecule has 0 saturated carbocycles. The van der Waals surface area contributed by atoms with Gasteiger partial charge in [0.05, 0.1) is 5.69 Å². The predicted octanol–water partition coefficient (Wildman–Crippen LogP) is 3.31. The summed E-state index contributed by atoms with van der Waals surface area (Å²) >= 11 is 0. The molecule has 0 aromatic carbocycles. The van der Waals surface area contributed by atoms with Crippen molar-refractivity contribution in [1.82, 2.24) is 9.38 Å². The van der Waals surface area contributed by atoms with Crippen molar-refractivity contribution in [2.24, 2.45) is 0 Å². The molecule has 2 aromatic rings. The van der Waals surface area contributed by atoms with Crippen molar-refractivity contribution in [2.45, 2.75) is 38.7 Å². The molecule has 1 aliphatic rings. The normalized spacial score (nSPS) is 20.5. The van der Waals surface area contributed by atoms with Crippen molar-refractivity contribution in [1.29, 1.82) is 0 Å². The Morgan fingerprint density at radius 1 is 1.47 bits per heavy atom. The van der Waals surface area contributed by atoms with E-state index in [-0.39, 0.29) is 6.10 Å². The number of fused-ring (bicyclic) bond motifs is 1. The molecule has 3 heterocycles. The lowest BCUT2D eigenvalue weighted by Crippen LogP contribution is -1.95. The number of rotatable bonds is 2. The molecule has 0 N–H and O–H groups in total. The van der Waals surface area contributed by atoms with Crippen molar-refractivity contribution in [3.8, 4) is 0 Å². The Balaban J connectivity index is 2.08. The minimum Gasteiger partial charge on any atom is -0.372 e. The van der Waals surface area contributed by atoms with E-state index in [9.17, 15) is 0 Å². The molecule has 0 bridgehead atoms. The second-order valence-corrected chi connectivity index (χ2v) is 5.02. The molecule has 90 valence electrons. The van der Waals surface area contributed by atoms with Gasteiger partial charge in [-0.2, -0.15) is 0 Å². The molecule has 1 atom stereocenters. The van der Waals surface area contributed by atoms with E-state index >= 15 is 0 Å². The lowest BCUT2D eigenvalue weighted by molar-refractivity contribution is 0.109. The Morgan fingerprint density at radius 2 is 2.35 bits per heavy atom. The average Bonchev–Trinajstić information content (AvgIpc) is 2.96. The molecule has 0 radical (unpaired) electrons. The predicted molar refractivity (Wildman–Crippen MR) is 67.2 cm³/mol. The first kappa shape index (κ1) is 10.8. The SMILES string of the molecule is CC(C)c1cccn2cc(C3CCCO3)nc12. The molecule has 2 aromatic heterocycles. The molecular formula is C14H18N2O. The van der Waals surface area contributed by atoms with Gasteiger partial charge in [-0.05, 0) is 30.4 Å². The summed E-state index contributed by atoms with van der Waals surface area (Å²) in [5, 5.41) is 0. The molecule has 1 saturated heterocycles. The van der Waals surface area contributed by atoms with E-state index in [0.29, 0.717) is 5.92 Å². The van der Waals surface area contributed by atoms with E-state index in [1.807, 2.05) is 0 Å².